The van der Waals surface area contributed by atoms with E-state index in [2.05, 4.69) is 20.2 Å². The SMILES string of the molecule is Cc1cc(=O)[nH]c(-c2cn[nH]c2)n1. The van der Waals surface area contributed by atoms with Gasteiger partial charge < -0.3 is 4.98 Å². The van der Waals surface area contributed by atoms with Gasteiger partial charge in [0.1, 0.15) is 5.82 Å². The van der Waals surface area contributed by atoms with Crippen LogP contribution in [0.25, 0.3) is 11.4 Å². The lowest BCUT2D eigenvalue weighted by Gasteiger charge is -1.96. The molecule has 2 heterocycles. The van der Waals surface area contributed by atoms with Gasteiger partial charge in [-0.05, 0) is 6.92 Å². The molecule has 2 aromatic rings. The number of rotatable bonds is 1. The molecule has 0 unspecified atom stereocenters. The largest absolute Gasteiger partial charge is 0.306 e. The molecule has 2 rings (SSSR count). The number of H-pyrrole nitrogens is 2. The predicted octanol–water partition coefficient (Wildman–Crippen LogP) is 0.468. The Hall–Kier alpha value is -1.91. The highest BCUT2D eigenvalue weighted by molar-refractivity contribution is 5.51. The summed E-state index contributed by atoms with van der Waals surface area (Å²) in [6.07, 6.45) is 3.29. The molecular formula is C8H8N4O. The van der Waals surface area contributed by atoms with E-state index in [1.54, 1.807) is 19.3 Å². The molecule has 2 aromatic heterocycles. The van der Waals surface area contributed by atoms with Crippen LogP contribution in [0.1, 0.15) is 5.69 Å². The zero-order valence-electron chi connectivity index (χ0n) is 7.03. The number of aryl methyl sites for hydroxylation is 1. The van der Waals surface area contributed by atoms with E-state index in [0.29, 0.717) is 11.5 Å². The summed E-state index contributed by atoms with van der Waals surface area (Å²) in [5.74, 6) is 0.541. The molecule has 0 saturated carbocycles. The lowest BCUT2D eigenvalue weighted by atomic mass is 10.3. The van der Waals surface area contributed by atoms with E-state index in [9.17, 15) is 4.79 Å². The Labute approximate surface area is 73.9 Å². The fourth-order valence-corrected chi connectivity index (χ4v) is 1.10. The van der Waals surface area contributed by atoms with Crippen molar-refractivity contribution in [1.82, 2.24) is 20.2 Å². The van der Waals surface area contributed by atoms with Crippen LogP contribution in [0, 0.1) is 6.92 Å². The minimum absolute atomic E-state index is 0.149. The van der Waals surface area contributed by atoms with Crippen LogP contribution in [0.4, 0.5) is 0 Å². The molecule has 66 valence electrons. The smallest absolute Gasteiger partial charge is 0.251 e. The topological polar surface area (TPSA) is 74.4 Å². The Bertz CT molecular complexity index is 457. The molecule has 0 radical (unpaired) electrons. The van der Waals surface area contributed by atoms with Gasteiger partial charge >= 0.3 is 0 Å². The normalized spacial score (nSPS) is 10.2. The van der Waals surface area contributed by atoms with Crippen LogP contribution in [0.2, 0.25) is 0 Å². The summed E-state index contributed by atoms with van der Waals surface area (Å²) in [5.41, 5.74) is 1.32. The van der Waals surface area contributed by atoms with E-state index in [-0.39, 0.29) is 5.56 Å². The first-order valence-electron chi connectivity index (χ1n) is 3.83. The van der Waals surface area contributed by atoms with Gasteiger partial charge in [0.2, 0.25) is 0 Å². The number of nitrogens with zero attached hydrogens (tertiary/aromatic N) is 2. The molecule has 0 saturated heterocycles. The predicted molar refractivity (Wildman–Crippen MR) is 47.2 cm³/mol. The van der Waals surface area contributed by atoms with Crippen LogP contribution in [0.5, 0.6) is 0 Å². The molecule has 5 nitrogen and oxygen atoms in total. The molecule has 0 aliphatic carbocycles. The van der Waals surface area contributed by atoms with Gasteiger partial charge in [-0.25, -0.2) is 4.98 Å². The monoisotopic (exact) mass is 176 g/mol. The second-order valence-electron chi connectivity index (χ2n) is 2.72. The van der Waals surface area contributed by atoms with Crippen molar-refractivity contribution < 1.29 is 0 Å². The maximum absolute atomic E-state index is 11.1. The highest BCUT2D eigenvalue weighted by Crippen LogP contribution is 2.09. The molecular weight excluding hydrogens is 168 g/mol. The highest BCUT2D eigenvalue weighted by atomic mass is 16.1. The minimum atomic E-state index is -0.149. The van der Waals surface area contributed by atoms with Gasteiger partial charge in [-0.15, -0.1) is 0 Å². The van der Waals surface area contributed by atoms with E-state index in [1.165, 1.54) is 6.07 Å². The van der Waals surface area contributed by atoms with Gasteiger partial charge in [0, 0.05) is 18.0 Å². The maximum atomic E-state index is 11.1. The zero-order chi connectivity index (χ0) is 9.26. The summed E-state index contributed by atoms with van der Waals surface area (Å²) in [5, 5.41) is 6.43. The Morgan fingerprint density at radius 3 is 2.92 bits per heavy atom. The third-order valence-electron chi connectivity index (χ3n) is 1.64. The summed E-state index contributed by atoms with van der Waals surface area (Å²) < 4.78 is 0. The molecule has 0 aromatic carbocycles. The average Bonchev–Trinajstić information content (AvgIpc) is 2.53. The number of hydrogen-bond acceptors (Lipinski definition) is 3. The Kier molecular flexibility index (Phi) is 1.70. The van der Waals surface area contributed by atoms with Crippen molar-refractivity contribution >= 4 is 0 Å². The van der Waals surface area contributed by atoms with Crippen LogP contribution in [-0.4, -0.2) is 20.2 Å². The first-order valence-corrected chi connectivity index (χ1v) is 3.83. The summed E-state index contributed by atoms with van der Waals surface area (Å²) in [4.78, 5) is 17.9. The highest BCUT2D eigenvalue weighted by Gasteiger charge is 2.01. The molecule has 0 atom stereocenters. The third-order valence-corrected chi connectivity index (χ3v) is 1.64. The number of hydrogen-bond donors (Lipinski definition) is 2. The summed E-state index contributed by atoms with van der Waals surface area (Å²) >= 11 is 0. The lowest BCUT2D eigenvalue weighted by molar-refractivity contribution is 1.07. The van der Waals surface area contributed by atoms with Crippen molar-refractivity contribution in [2.75, 3.05) is 0 Å². The molecule has 2 N–H and O–H groups in total. The average molecular weight is 176 g/mol. The summed E-state index contributed by atoms with van der Waals surface area (Å²) in [6, 6.07) is 1.45. The molecule has 0 amide bonds. The molecule has 0 bridgehead atoms. The van der Waals surface area contributed by atoms with Gasteiger partial charge in [0.25, 0.3) is 5.56 Å². The third kappa shape index (κ3) is 1.48. The Morgan fingerprint density at radius 2 is 2.31 bits per heavy atom. The lowest BCUT2D eigenvalue weighted by Crippen LogP contribution is -2.08. The van der Waals surface area contributed by atoms with E-state index >= 15 is 0 Å². The minimum Gasteiger partial charge on any atom is -0.306 e. The second kappa shape index (κ2) is 2.85. The Balaban J connectivity index is 2.59. The van der Waals surface area contributed by atoms with E-state index < -0.39 is 0 Å². The molecule has 0 fully saturated rings. The van der Waals surface area contributed by atoms with Crippen molar-refractivity contribution in [3.05, 3.63) is 34.5 Å². The molecule has 0 aliphatic heterocycles. The van der Waals surface area contributed by atoms with Crippen LogP contribution >= 0.6 is 0 Å². The van der Waals surface area contributed by atoms with Gasteiger partial charge in [-0.1, -0.05) is 0 Å². The van der Waals surface area contributed by atoms with Crippen LogP contribution < -0.4 is 5.56 Å². The fourth-order valence-electron chi connectivity index (χ4n) is 1.10. The van der Waals surface area contributed by atoms with Crippen molar-refractivity contribution in [3.63, 3.8) is 0 Å². The number of aromatic amines is 2. The van der Waals surface area contributed by atoms with Crippen LogP contribution in [0.15, 0.2) is 23.3 Å². The fraction of sp³-hybridized carbons (Fsp3) is 0.125. The summed E-state index contributed by atoms with van der Waals surface area (Å²) in [7, 11) is 0. The van der Waals surface area contributed by atoms with Crippen LogP contribution in [-0.2, 0) is 0 Å². The van der Waals surface area contributed by atoms with E-state index in [4.69, 9.17) is 0 Å². The van der Waals surface area contributed by atoms with E-state index in [0.717, 1.165) is 5.56 Å². The van der Waals surface area contributed by atoms with Gasteiger partial charge in [0.05, 0.1) is 11.8 Å². The van der Waals surface area contributed by atoms with E-state index in [1.807, 2.05) is 0 Å². The van der Waals surface area contributed by atoms with Crippen molar-refractivity contribution in [3.8, 4) is 11.4 Å². The second-order valence-corrected chi connectivity index (χ2v) is 2.72. The molecule has 13 heavy (non-hydrogen) atoms. The van der Waals surface area contributed by atoms with Gasteiger partial charge in [-0.3, -0.25) is 9.89 Å². The molecule has 0 spiro atoms. The first-order chi connectivity index (χ1) is 6.25. The van der Waals surface area contributed by atoms with Gasteiger partial charge in [0.15, 0.2) is 0 Å². The zero-order valence-corrected chi connectivity index (χ0v) is 7.03. The van der Waals surface area contributed by atoms with Crippen molar-refractivity contribution in [2.45, 2.75) is 6.92 Å². The van der Waals surface area contributed by atoms with Crippen molar-refractivity contribution in [2.24, 2.45) is 0 Å². The van der Waals surface area contributed by atoms with Crippen molar-refractivity contribution in [1.29, 1.82) is 0 Å². The molecule has 5 heteroatoms. The maximum Gasteiger partial charge on any atom is 0.251 e. The Morgan fingerprint density at radius 1 is 1.46 bits per heavy atom. The number of aromatic nitrogens is 4. The van der Waals surface area contributed by atoms with Gasteiger partial charge in [-0.2, -0.15) is 5.10 Å². The molecule has 0 aliphatic rings. The quantitative estimate of drug-likeness (QED) is 0.663. The number of nitrogens with one attached hydrogen (secondary N) is 2. The summed E-state index contributed by atoms with van der Waals surface area (Å²) in [6.45, 7) is 1.78. The standard InChI is InChI=1S/C8H8N4O/c1-5-2-7(13)12-8(11-5)6-3-9-10-4-6/h2-4H,1H3,(H,9,10)(H,11,12,13). The first kappa shape index (κ1) is 7.72. The van der Waals surface area contributed by atoms with Crippen LogP contribution in [0.3, 0.4) is 0 Å².